The van der Waals surface area contributed by atoms with Gasteiger partial charge in [0.25, 0.3) is 5.91 Å². The van der Waals surface area contributed by atoms with Crippen LogP contribution in [0.4, 0.5) is 0 Å². The molecule has 2 aromatic rings. The van der Waals surface area contributed by atoms with Crippen LogP contribution in [-0.2, 0) is 6.42 Å². The molecule has 2 rings (SSSR count). The highest BCUT2D eigenvalue weighted by atomic mass is 16.2. The van der Waals surface area contributed by atoms with E-state index in [2.05, 4.69) is 24.0 Å². The molecule has 0 saturated heterocycles. The molecule has 0 unspecified atom stereocenters. The van der Waals surface area contributed by atoms with Crippen molar-refractivity contribution in [3.05, 3.63) is 41.0 Å². The monoisotopic (exact) mass is 302 g/mol. The maximum Gasteiger partial charge on any atom is 0.270 e. The average Bonchev–Trinajstić information content (AvgIpc) is 3.07. The van der Waals surface area contributed by atoms with E-state index >= 15 is 0 Å². The Hall–Kier alpha value is -2.04. The Morgan fingerprint density at radius 3 is 2.73 bits per heavy atom. The molecule has 0 aromatic carbocycles. The van der Waals surface area contributed by atoms with E-state index in [9.17, 15) is 4.79 Å². The molecule has 0 aliphatic carbocycles. The standard InChI is InChI=1S/C17H26N4O/c1-12(2)21-11-7-9-16(21)17(22)20(5)10-6-8-15-13(3)18-19-14(15)4/h7,9,11-12H,6,8,10H2,1-5H3,(H,18,19). The van der Waals surface area contributed by atoms with Crippen LogP contribution >= 0.6 is 0 Å². The topological polar surface area (TPSA) is 53.9 Å². The second-order valence-electron chi connectivity index (χ2n) is 6.14. The zero-order valence-corrected chi connectivity index (χ0v) is 14.2. The van der Waals surface area contributed by atoms with E-state index in [1.807, 2.05) is 43.8 Å². The number of H-pyrrole nitrogens is 1. The van der Waals surface area contributed by atoms with Crippen LogP contribution < -0.4 is 0 Å². The van der Waals surface area contributed by atoms with Gasteiger partial charge in [-0.3, -0.25) is 9.89 Å². The molecule has 120 valence electrons. The van der Waals surface area contributed by atoms with Crippen molar-refractivity contribution in [2.75, 3.05) is 13.6 Å². The molecule has 5 nitrogen and oxygen atoms in total. The first-order valence-corrected chi connectivity index (χ1v) is 7.84. The lowest BCUT2D eigenvalue weighted by atomic mass is 10.1. The maximum absolute atomic E-state index is 12.5. The molecule has 0 aliphatic heterocycles. The largest absolute Gasteiger partial charge is 0.341 e. The van der Waals surface area contributed by atoms with E-state index in [1.54, 1.807) is 4.90 Å². The highest BCUT2D eigenvalue weighted by Gasteiger charge is 2.17. The van der Waals surface area contributed by atoms with Gasteiger partial charge in [0.15, 0.2) is 0 Å². The number of hydrogen-bond donors (Lipinski definition) is 1. The van der Waals surface area contributed by atoms with Gasteiger partial charge in [-0.15, -0.1) is 0 Å². The number of nitrogens with zero attached hydrogens (tertiary/aromatic N) is 3. The highest BCUT2D eigenvalue weighted by molar-refractivity contribution is 5.92. The SMILES string of the molecule is Cc1n[nH]c(C)c1CCCN(C)C(=O)c1cccn1C(C)C. The van der Waals surface area contributed by atoms with Crippen molar-refractivity contribution in [2.45, 2.75) is 46.6 Å². The van der Waals surface area contributed by atoms with Crippen LogP contribution in [0.1, 0.15) is 53.7 Å². The predicted molar refractivity (Wildman–Crippen MR) is 88.2 cm³/mol. The smallest absolute Gasteiger partial charge is 0.270 e. The summed E-state index contributed by atoms with van der Waals surface area (Å²) < 4.78 is 2.02. The Labute approximate surface area is 132 Å². The minimum atomic E-state index is 0.0827. The van der Waals surface area contributed by atoms with Crippen LogP contribution in [0.2, 0.25) is 0 Å². The third-order valence-corrected chi connectivity index (χ3v) is 4.10. The summed E-state index contributed by atoms with van der Waals surface area (Å²) in [4.78, 5) is 14.3. The summed E-state index contributed by atoms with van der Waals surface area (Å²) in [5.74, 6) is 0.0827. The van der Waals surface area contributed by atoms with Crippen LogP contribution in [0, 0.1) is 13.8 Å². The summed E-state index contributed by atoms with van der Waals surface area (Å²) in [5.41, 5.74) is 4.21. The fourth-order valence-corrected chi connectivity index (χ4v) is 2.76. The van der Waals surface area contributed by atoms with Crippen LogP contribution in [0.3, 0.4) is 0 Å². The molecule has 22 heavy (non-hydrogen) atoms. The van der Waals surface area contributed by atoms with Crippen molar-refractivity contribution in [1.29, 1.82) is 0 Å². The lowest BCUT2D eigenvalue weighted by Crippen LogP contribution is -2.30. The normalized spacial score (nSPS) is 11.2. The van der Waals surface area contributed by atoms with Crippen molar-refractivity contribution in [1.82, 2.24) is 19.7 Å². The third kappa shape index (κ3) is 3.40. The lowest BCUT2D eigenvalue weighted by Gasteiger charge is -2.20. The molecule has 0 bridgehead atoms. The Kier molecular flexibility index (Phi) is 5.06. The van der Waals surface area contributed by atoms with Crippen molar-refractivity contribution >= 4 is 5.91 Å². The molecule has 2 aromatic heterocycles. The predicted octanol–water partition coefficient (Wildman–Crippen LogP) is 3.11. The number of amides is 1. The maximum atomic E-state index is 12.5. The quantitative estimate of drug-likeness (QED) is 0.891. The Morgan fingerprint density at radius 2 is 2.14 bits per heavy atom. The molecular weight excluding hydrogens is 276 g/mol. The summed E-state index contributed by atoms with van der Waals surface area (Å²) >= 11 is 0. The van der Waals surface area contributed by atoms with Gasteiger partial charge < -0.3 is 9.47 Å². The van der Waals surface area contributed by atoms with Gasteiger partial charge >= 0.3 is 0 Å². The zero-order valence-electron chi connectivity index (χ0n) is 14.2. The molecule has 0 radical (unpaired) electrons. The van der Waals surface area contributed by atoms with Crippen molar-refractivity contribution in [2.24, 2.45) is 0 Å². The van der Waals surface area contributed by atoms with E-state index in [4.69, 9.17) is 0 Å². The molecule has 5 heteroatoms. The first-order valence-electron chi connectivity index (χ1n) is 7.84. The summed E-state index contributed by atoms with van der Waals surface area (Å²) in [7, 11) is 1.87. The third-order valence-electron chi connectivity index (χ3n) is 4.10. The van der Waals surface area contributed by atoms with Crippen LogP contribution in [0.15, 0.2) is 18.3 Å². The summed E-state index contributed by atoms with van der Waals surface area (Å²) in [6, 6.07) is 4.11. The molecular formula is C17H26N4O. The van der Waals surface area contributed by atoms with Crippen LogP contribution in [0.25, 0.3) is 0 Å². The molecule has 0 atom stereocenters. The van der Waals surface area contributed by atoms with Gasteiger partial charge in [-0.1, -0.05) is 0 Å². The van der Waals surface area contributed by atoms with E-state index in [-0.39, 0.29) is 5.91 Å². The first kappa shape index (κ1) is 16.3. The molecule has 0 fully saturated rings. The zero-order chi connectivity index (χ0) is 16.3. The number of aryl methyl sites for hydroxylation is 2. The van der Waals surface area contributed by atoms with Gasteiger partial charge in [-0.2, -0.15) is 5.10 Å². The van der Waals surface area contributed by atoms with E-state index < -0.39 is 0 Å². The first-order chi connectivity index (χ1) is 10.4. The molecule has 0 saturated carbocycles. The molecule has 0 spiro atoms. The van der Waals surface area contributed by atoms with Crippen molar-refractivity contribution in [3.8, 4) is 0 Å². The van der Waals surface area contributed by atoms with E-state index in [0.717, 1.165) is 36.5 Å². The number of rotatable bonds is 6. The molecule has 1 N–H and O–H groups in total. The number of carbonyl (C=O) groups excluding carboxylic acids is 1. The van der Waals surface area contributed by atoms with E-state index in [0.29, 0.717) is 6.04 Å². The van der Waals surface area contributed by atoms with Gasteiger partial charge in [-0.05, 0) is 58.2 Å². The summed E-state index contributed by atoms with van der Waals surface area (Å²) in [6.07, 6.45) is 3.84. The highest BCUT2D eigenvalue weighted by Crippen LogP contribution is 2.14. The number of carbonyl (C=O) groups is 1. The minimum absolute atomic E-state index is 0.0827. The van der Waals surface area contributed by atoms with Gasteiger partial charge in [0.05, 0.1) is 5.69 Å². The lowest BCUT2D eigenvalue weighted by molar-refractivity contribution is 0.0781. The van der Waals surface area contributed by atoms with E-state index in [1.165, 1.54) is 5.56 Å². The van der Waals surface area contributed by atoms with Crippen LogP contribution in [-0.4, -0.2) is 39.2 Å². The van der Waals surface area contributed by atoms with Crippen LogP contribution in [0.5, 0.6) is 0 Å². The van der Waals surface area contributed by atoms with Gasteiger partial charge in [0, 0.05) is 31.5 Å². The molecule has 1 amide bonds. The fourth-order valence-electron chi connectivity index (χ4n) is 2.76. The number of nitrogens with one attached hydrogen (secondary N) is 1. The Bertz CT molecular complexity index is 619. The summed E-state index contributed by atoms with van der Waals surface area (Å²) in [5, 5.41) is 7.22. The van der Waals surface area contributed by atoms with Crippen molar-refractivity contribution in [3.63, 3.8) is 0 Å². The second kappa shape index (κ2) is 6.81. The number of aromatic nitrogens is 3. The van der Waals surface area contributed by atoms with Gasteiger partial charge in [-0.25, -0.2) is 0 Å². The molecule has 0 aliphatic rings. The number of hydrogen-bond acceptors (Lipinski definition) is 2. The fraction of sp³-hybridized carbons (Fsp3) is 0.529. The Morgan fingerprint density at radius 1 is 1.41 bits per heavy atom. The minimum Gasteiger partial charge on any atom is -0.341 e. The van der Waals surface area contributed by atoms with Gasteiger partial charge in [0.1, 0.15) is 5.69 Å². The van der Waals surface area contributed by atoms with Gasteiger partial charge in [0.2, 0.25) is 0 Å². The molecule has 2 heterocycles. The second-order valence-corrected chi connectivity index (χ2v) is 6.14. The number of aromatic amines is 1. The Balaban J connectivity index is 1.93. The average molecular weight is 302 g/mol. The van der Waals surface area contributed by atoms with Crippen molar-refractivity contribution < 1.29 is 4.79 Å². The summed E-state index contributed by atoms with van der Waals surface area (Å²) in [6.45, 7) is 8.97.